The molecule has 4 rings (SSSR count). The normalized spacial score (nSPS) is 15.8. The number of hydrogen-bond acceptors (Lipinski definition) is 9. The number of hydrogen-bond donors (Lipinski definition) is 1. The van der Waals surface area contributed by atoms with E-state index in [1.165, 1.54) is 11.8 Å². The third-order valence-electron chi connectivity index (χ3n) is 6.61. The lowest BCUT2D eigenvalue weighted by molar-refractivity contribution is 0.0585. The fraction of sp³-hybridized carbons (Fsp3) is 0.500. The van der Waals surface area contributed by atoms with Crippen molar-refractivity contribution in [2.24, 2.45) is 0 Å². The summed E-state index contributed by atoms with van der Waals surface area (Å²) < 4.78 is 5.57. The number of nitrogens with one attached hydrogen (secondary N) is 1. The van der Waals surface area contributed by atoms with Gasteiger partial charge in [-0.25, -0.2) is 9.78 Å². The molecule has 10 heteroatoms. The van der Waals surface area contributed by atoms with Gasteiger partial charge in [0, 0.05) is 25.4 Å². The number of ether oxygens (including phenoxy) is 1. The number of benzene rings is 1. The Labute approximate surface area is 229 Å². The van der Waals surface area contributed by atoms with E-state index in [2.05, 4.69) is 34.3 Å². The quantitative estimate of drug-likeness (QED) is 0.534. The highest BCUT2D eigenvalue weighted by atomic mass is 32.2. The number of carbonyl (C=O) groups excluding carboxylic acids is 1. The Balaban J connectivity index is 1.62. The molecule has 1 fully saturated rings. The van der Waals surface area contributed by atoms with Gasteiger partial charge < -0.3 is 19.9 Å². The summed E-state index contributed by atoms with van der Waals surface area (Å²) >= 11 is 1.49. The fourth-order valence-corrected chi connectivity index (χ4v) is 5.64. The Bertz CT molecular complexity index is 1290. The third-order valence-corrected chi connectivity index (χ3v) is 7.66. The van der Waals surface area contributed by atoms with E-state index >= 15 is 0 Å². The molecule has 0 spiro atoms. The van der Waals surface area contributed by atoms with Crippen molar-refractivity contribution >= 4 is 35.0 Å². The number of likely N-dealkylation sites (N-methyl/N-ethyl adjacent to an activating group) is 1. The Morgan fingerprint density at radius 3 is 2.61 bits per heavy atom. The van der Waals surface area contributed by atoms with Gasteiger partial charge in [-0.05, 0) is 70.5 Å². The zero-order valence-corrected chi connectivity index (χ0v) is 23.6. The minimum atomic E-state index is -0.584. The molecule has 2 aromatic rings. The van der Waals surface area contributed by atoms with E-state index in [0.29, 0.717) is 40.8 Å². The van der Waals surface area contributed by atoms with Gasteiger partial charge in [0.05, 0.1) is 29.2 Å². The summed E-state index contributed by atoms with van der Waals surface area (Å²) in [5.41, 5.74) is 3.80. The van der Waals surface area contributed by atoms with E-state index in [1.807, 2.05) is 45.9 Å². The number of amides is 1. The van der Waals surface area contributed by atoms with Gasteiger partial charge in [0.25, 0.3) is 0 Å². The zero-order chi connectivity index (χ0) is 27.4. The van der Waals surface area contributed by atoms with Crippen molar-refractivity contribution in [3.05, 3.63) is 40.5 Å². The van der Waals surface area contributed by atoms with Crippen molar-refractivity contribution in [1.82, 2.24) is 9.88 Å². The van der Waals surface area contributed by atoms with Gasteiger partial charge in [0.15, 0.2) is 0 Å². The maximum absolute atomic E-state index is 12.7. The molecular weight excluding hydrogens is 498 g/mol. The van der Waals surface area contributed by atoms with Crippen molar-refractivity contribution in [2.75, 3.05) is 55.0 Å². The molecule has 1 amide bonds. The summed E-state index contributed by atoms with van der Waals surface area (Å²) in [5.74, 6) is 1.24. The van der Waals surface area contributed by atoms with Crippen LogP contribution in [0.4, 0.5) is 22.0 Å². The number of aromatic nitrogens is 1. The number of anilines is 3. The van der Waals surface area contributed by atoms with E-state index in [0.717, 1.165) is 55.1 Å². The molecule has 38 heavy (non-hydrogen) atoms. The molecule has 0 aliphatic carbocycles. The van der Waals surface area contributed by atoms with E-state index in [9.17, 15) is 15.3 Å². The molecular formula is C28H35N7O2S. The summed E-state index contributed by atoms with van der Waals surface area (Å²) in [6.45, 7) is 11.4. The van der Waals surface area contributed by atoms with Crippen LogP contribution in [0.5, 0.6) is 0 Å². The summed E-state index contributed by atoms with van der Waals surface area (Å²) in [6, 6.07) is 10.6. The molecule has 0 unspecified atom stereocenters. The summed E-state index contributed by atoms with van der Waals surface area (Å²) in [7, 11) is 2.11. The molecule has 3 heterocycles. The van der Waals surface area contributed by atoms with E-state index < -0.39 is 11.7 Å². The Hall–Kier alpha value is -3.47. The number of rotatable bonds is 5. The van der Waals surface area contributed by atoms with Crippen LogP contribution in [0.25, 0.3) is 0 Å². The molecule has 0 radical (unpaired) electrons. The maximum atomic E-state index is 12.7. The number of nitrogens with zero attached hydrogens (tertiary/aromatic N) is 6. The molecule has 1 N–H and O–H groups in total. The lowest BCUT2D eigenvalue weighted by Gasteiger charge is -2.25. The van der Waals surface area contributed by atoms with Crippen LogP contribution < -0.4 is 15.1 Å². The minimum absolute atomic E-state index is 0.352. The molecule has 0 bridgehead atoms. The van der Waals surface area contributed by atoms with Crippen LogP contribution in [-0.4, -0.2) is 61.5 Å². The summed E-state index contributed by atoms with van der Waals surface area (Å²) in [4.78, 5) is 23.7. The number of pyridine rings is 1. The second-order valence-electron chi connectivity index (χ2n) is 10.6. The van der Waals surface area contributed by atoms with E-state index in [4.69, 9.17) is 9.72 Å². The van der Waals surface area contributed by atoms with Gasteiger partial charge in [-0.1, -0.05) is 13.0 Å². The third kappa shape index (κ3) is 5.98. The molecule has 1 aromatic heterocycles. The van der Waals surface area contributed by atoms with Crippen molar-refractivity contribution in [3.8, 4) is 12.1 Å². The average Bonchev–Trinajstić information content (AvgIpc) is 3.18. The second-order valence-corrected chi connectivity index (χ2v) is 11.5. The Morgan fingerprint density at radius 1 is 1.16 bits per heavy atom. The highest BCUT2D eigenvalue weighted by Crippen LogP contribution is 2.37. The van der Waals surface area contributed by atoms with Gasteiger partial charge in [0.2, 0.25) is 0 Å². The molecule has 1 saturated heterocycles. The number of fused-ring (bicyclic) bond motifs is 1. The monoisotopic (exact) mass is 533 g/mol. The minimum Gasteiger partial charge on any atom is -0.443 e. The summed E-state index contributed by atoms with van der Waals surface area (Å²) in [5, 5.41) is 24.0. The Kier molecular flexibility index (Phi) is 8.35. The van der Waals surface area contributed by atoms with Crippen LogP contribution in [-0.2, 0) is 16.9 Å². The second kappa shape index (κ2) is 11.5. The van der Waals surface area contributed by atoms with Gasteiger partial charge >= 0.3 is 6.09 Å². The maximum Gasteiger partial charge on any atom is 0.416 e. The smallest absolute Gasteiger partial charge is 0.416 e. The van der Waals surface area contributed by atoms with Crippen LogP contribution in [0.3, 0.4) is 0 Å². The predicted octanol–water partition coefficient (Wildman–Crippen LogP) is 4.95. The molecule has 1 aromatic carbocycles. The summed E-state index contributed by atoms with van der Waals surface area (Å²) in [6.07, 6.45) is 1.18. The van der Waals surface area contributed by atoms with Crippen LogP contribution in [0.15, 0.2) is 23.2 Å². The first-order valence-corrected chi connectivity index (χ1v) is 13.9. The number of nitriles is 2. The van der Waals surface area contributed by atoms with Crippen LogP contribution in [0, 0.1) is 22.7 Å². The molecule has 200 valence electrons. The zero-order valence-electron chi connectivity index (χ0n) is 22.8. The molecule has 9 nitrogen and oxygen atoms in total. The largest absolute Gasteiger partial charge is 0.443 e. The predicted molar refractivity (Wildman–Crippen MR) is 151 cm³/mol. The van der Waals surface area contributed by atoms with E-state index in [-0.39, 0.29) is 0 Å². The number of thioether (sulfide) groups is 1. The van der Waals surface area contributed by atoms with Crippen LogP contribution in [0.1, 0.15) is 56.4 Å². The lowest BCUT2D eigenvalue weighted by Crippen LogP contribution is -2.36. The van der Waals surface area contributed by atoms with Crippen molar-refractivity contribution in [3.63, 3.8) is 0 Å². The van der Waals surface area contributed by atoms with Crippen molar-refractivity contribution in [1.29, 1.82) is 10.5 Å². The van der Waals surface area contributed by atoms with Crippen molar-refractivity contribution < 1.29 is 9.53 Å². The molecule has 0 atom stereocenters. The first-order chi connectivity index (χ1) is 18.1. The molecule has 2 aliphatic heterocycles. The van der Waals surface area contributed by atoms with Gasteiger partial charge in [-0.15, -0.1) is 11.8 Å². The topological polar surface area (TPSA) is 109 Å². The lowest BCUT2D eigenvalue weighted by atomic mass is 10.0. The highest BCUT2D eigenvalue weighted by molar-refractivity contribution is 7.98. The average molecular weight is 534 g/mol. The SMILES string of the molecule is CCc1c(C#N)c(SCc2ccc3c(c2)N(C(=O)OC(C)(C)C)CN3)nc(N2CCCN(C)CC2)c1C#N. The standard InChI is InChI=1S/C28H35N7O2S/c1-6-20-21(15-29)25(34-11-7-10-33(5)12-13-34)32-26(22(20)16-30)38-17-19-8-9-23-24(14-19)35(18-31-23)27(36)37-28(2,3)4/h8-9,14,31H,6-7,10-13,17-18H2,1-5H3. The van der Waals surface area contributed by atoms with E-state index in [1.54, 1.807) is 4.90 Å². The fourth-order valence-electron chi connectivity index (χ4n) is 4.70. The van der Waals surface area contributed by atoms with Crippen LogP contribution >= 0.6 is 11.8 Å². The Morgan fingerprint density at radius 2 is 1.92 bits per heavy atom. The first-order valence-electron chi connectivity index (χ1n) is 13.0. The van der Waals surface area contributed by atoms with Gasteiger partial charge in [-0.3, -0.25) is 4.90 Å². The number of carbonyl (C=O) groups is 1. The van der Waals surface area contributed by atoms with Gasteiger partial charge in [0.1, 0.15) is 28.6 Å². The molecule has 2 aliphatic rings. The molecule has 0 saturated carbocycles. The van der Waals surface area contributed by atoms with Crippen LogP contribution in [0.2, 0.25) is 0 Å². The first kappa shape index (κ1) is 27.6. The van der Waals surface area contributed by atoms with Gasteiger partial charge in [-0.2, -0.15) is 10.5 Å². The highest BCUT2D eigenvalue weighted by Gasteiger charge is 2.29. The van der Waals surface area contributed by atoms with Crippen molar-refractivity contribution in [2.45, 2.75) is 56.9 Å².